The average molecular weight is 1010 g/mol. The fourth-order valence-electron chi connectivity index (χ4n) is 8.63. The maximum Gasteiger partial charge on any atom is 0.472 e. The van der Waals surface area contributed by atoms with Gasteiger partial charge in [0, 0.05) is 19.4 Å². The molecule has 0 aliphatic rings. The lowest BCUT2D eigenvalue weighted by Gasteiger charge is -2.19. The maximum atomic E-state index is 12.6. The minimum absolute atomic E-state index is 0.0560. The van der Waals surface area contributed by atoms with Crippen molar-refractivity contribution in [3.63, 3.8) is 0 Å². The van der Waals surface area contributed by atoms with Gasteiger partial charge in [0.1, 0.15) is 6.61 Å². The van der Waals surface area contributed by atoms with Gasteiger partial charge in [-0.25, -0.2) is 4.57 Å². The molecule has 0 radical (unpaired) electrons. The van der Waals surface area contributed by atoms with Crippen LogP contribution in [-0.4, -0.2) is 49.3 Å². The Morgan fingerprint density at radius 1 is 0.443 bits per heavy atom. The number of unbranched alkanes of at least 4 members (excludes halogenated alkanes) is 35. The largest absolute Gasteiger partial charge is 0.472 e. The quantitative estimate of drug-likeness (QED) is 0.0264. The Bertz CT molecular complexity index is 1280. The molecule has 0 amide bonds. The summed E-state index contributed by atoms with van der Waals surface area (Å²) in [6, 6.07) is 0. The molecular weight excluding hydrogens is 894 g/mol. The fourth-order valence-corrected chi connectivity index (χ4v) is 9.40. The standard InChI is InChI=1S/C60H112NO8P/c1-3-5-7-9-11-13-14-15-16-17-18-19-20-21-22-23-24-25-26-27-28-29-30-31-32-33-34-35-36-37-38-39-40-41-42-43-44-45-47-49-51-53-60(63)69-58(57-68-70(64,65)67-55-54-61)56-66-59(62)52-50-48-46-12-10-8-6-4-2/h5,7,11,13,15-16,18-19,58H,3-4,6,8-10,12,14,17,20-57,61H2,1-2H3,(H,64,65)/b7-5-,13-11-,16-15-,19-18-. The topological polar surface area (TPSA) is 134 Å². The van der Waals surface area contributed by atoms with E-state index in [0.29, 0.717) is 6.42 Å². The van der Waals surface area contributed by atoms with Gasteiger partial charge in [0.25, 0.3) is 0 Å². The molecule has 0 aliphatic heterocycles. The highest BCUT2D eigenvalue weighted by molar-refractivity contribution is 7.47. The molecule has 0 saturated carbocycles. The number of esters is 2. The predicted molar refractivity (Wildman–Crippen MR) is 298 cm³/mol. The summed E-state index contributed by atoms with van der Waals surface area (Å²) in [7, 11) is -4.37. The molecule has 10 heteroatoms. The lowest BCUT2D eigenvalue weighted by Crippen LogP contribution is -2.29. The zero-order valence-electron chi connectivity index (χ0n) is 45.8. The van der Waals surface area contributed by atoms with Crippen molar-refractivity contribution in [2.75, 3.05) is 26.4 Å². The summed E-state index contributed by atoms with van der Waals surface area (Å²) in [5.41, 5.74) is 5.36. The van der Waals surface area contributed by atoms with Gasteiger partial charge in [-0.1, -0.05) is 274 Å². The van der Waals surface area contributed by atoms with E-state index in [-0.39, 0.29) is 38.6 Å². The van der Waals surface area contributed by atoms with Crippen LogP contribution in [0.1, 0.15) is 290 Å². The third-order valence-electron chi connectivity index (χ3n) is 13.0. The number of phosphoric acid groups is 1. The van der Waals surface area contributed by atoms with Gasteiger partial charge in [-0.05, 0) is 51.4 Å². The SMILES string of the molecule is CC/C=C\C/C=C\C/C=C\C/C=C\CCCCCCCCCCCCCCCCCCCCCCCCCCCCCCC(=O)OC(COC(=O)CCCCCCCCCC)COP(=O)(O)OCCN. The Hall–Kier alpha value is -2.03. The van der Waals surface area contributed by atoms with E-state index in [2.05, 4.69) is 62.5 Å². The van der Waals surface area contributed by atoms with Gasteiger partial charge < -0.3 is 20.1 Å². The van der Waals surface area contributed by atoms with Crippen LogP contribution in [0, 0.1) is 0 Å². The summed E-state index contributed by atoms with van der Waals surface area (Å²) < 4.78 is 32.8. The molecular formula is C60H112NO8P. The molecule has 0 saturated heterocycles. The molecule has 2 atom stereocenters. The maximum absolute atomic E-state index is 12.6. The first-order valence-electron chi connectivity index (χ1n) is 29.6. The van der Waals surface area contributed by atoms with E-state index in [1.165, 1.54) is 199 Å². The third kappa shape index (κ3) is 55.3. The van der Waals surface area contributed by atoms with Gasteiger partial charge in [-0.3, -0.25) is 18.6 Å². The van der Waals surface area contributed by atoms with Crippen LogP contribution in [0.25, 0.3) is 0 Å². The highest BCUT2D eigenvalue weighted by Crippen LogP contribution is 2.43. The Morgan fingerprint density at radius 2 is 0.786 bits per heavy atom. The Balaban J connectivity index is 3.64. The van der Waals surface area contributed by atoms with Crippen molar-refractivity contribution in [1.82, 2.24) is 0 Å². The zero-order valence-corrected chi connectivity index (χ0v) is 46.7. The molecule has 410 valence electrons. The van der Waals surface area contributed by atoms with Crippen molar-refractivity contribution in [2.24, 2.45) is 5.73 Å². The minimum Gasteiger partial charge on any atom is -0.462 e. The molecule has 0 spiro atoms. The van der Waals surface area contributed by atoms with Crippen molar-refractivity contribution in [2.45, 2.75) is 296 Å². The van der Waals surface area contributed by atoms with Gasteiger partial charge in [-0.15, -0.1) is 0 Å². The summed E-state index contributed by atoms with van der Waals surface area (Å²) in [6.45, 7) is 3.62. The van der Waals surface area contributed by atoms with Gasteiger partial charge in [0.2, 0.25) is 0 Å². The second-order valence-corrected chi connectivity index (χ2v) is 21.3. The molecule has 0 aromatic heterocycles. The van der Waals surface area contributed by atoms with Crippen LogP contribution < -0.4 is 5.73 Å². The van der Waals surface area contributed by atoms with Crippen molar-refractivity contribution in [3.05, 3.63) is 48.6 Å². The normalized spacial score (nSPS) is 13.4. The van der Waals surface area contributed by atoms with Crippen molar-refractivity contribution in [1.29, 1.82) is 0 Å². The minimum atomic E-state index is -4.37. The van der Waals surface area contributed by atoms with Gasteiger partial charge in [0.05, 0.1) is 13.2 Å². The molecule has 0 heterocycles. The molecule has 0 bridgehead atoms. The zero-order chi connectivity index (χ0) is 51.0. The van der Waals surface area contributed by atoms with Crippen LogP contribution in [0.5, 0.6) is 0 Å². The van der Waals surface area contributed by atoms with Gasteiger partial charge >= 0.3 is 19.8 Å². The molecule has 0 aliphatic carbocycles. The fraction of sp³-hybridized carbons (Fsp3) is 0.833. The third-order valence-corrected chi connectivity index (χ3v) is 14.0. The van der Waals surface area contributed by atoms with Gasteiger partial charge in [0.15, 0.2) is 6.10 Å². The van der Waals surface area contributed by atoms with E-state index in [0.717, 1.165) is 57.8 Å². The second-order valence-electron chi connectivity index (χ2n) is 19.8. The first-order valence-corrected chi connectivity index (χ1v) is 31.1. The monoisotopic (exact) mass is 1010 g/mol. The summed E-state index contributed by atoms with van der Waals surface area (Å²) in [6.07, 6.45) is 69.5. The summed E-state index contributed by atoms with van der Waals surface area (Å²) in [5, 5.41) is 0. The summed E-state index contributed by atoms with van der Waals surface area (Å²) in [4.78, 5) is 34.9. The number of rotatable bonds is 56. The number of hydrogen-bond acceptors (Lipinski definition) is 8. The van der Waals surface area contributed by atoms with E-state index in [1.54, 1.807) is 0 Å². The average Bonchev–Trinajstić information content (AvgIpc) is 3.35. The first kappa shape index (κ1) is 68.0. The van der Waals surface area contributed by atoms with Gasteiger partial charge in [-0.2, -0.15) is 0 Å². The van der Waals surface area contributed by atoms with E-state index in [9.17, 15) is 19.0 Å². The van der Waals surface area contributed by atoms with Crippen molar-refractivity contribution in [3.8, 4) is 0 Å². The Morgan fingerprint density at radius 3 is 1.17 bits per heavy atom. The number of nitrogens with two attached hydrogens (primary N) is 1. The molecule has 0 aromatic rings. The molecule has 70 heavy (non-hydrogen) atoms. The number of carbonyl (C=O) groups is 2. The molecule has 2 unspecified atom stereocenters. The van der Waals surface area contributed by atoms with Crippen molar-refractivity contribution < 1.29 is 37.6 Å². The molecule has 3 N–H and O–H groups in total. The number of hydrogen-bond donors (Lipinski definition) is 2. The second kappa shape index (κ2) is 56.3. The number of ether oxygens (including phenoxy) is 2. The first-order chi connectivity index (χ1) is 34.3. The molecule has 0 aromatic carbocycles. The van der Waals surface area contributed by atoms with E-state index >= 15 is 0 Å². The van der Waals surface area contributed by atoms with Crippen LogP contribution in [0.2, 0.25) is 0 Å². The van der Waals surface area contributed by atoms with Crippen LogP contribution in [-0.2, 0) is 32.7 Å². The van der Waals surface area contributed by atoms with Crippen LogP contribution in [0.3, 0.4) is 0 Å². The van der Waals surface area contributed by atoms with Crippen LogP contribution >= 0.6 is 7.82 Å². The highest BCUT2D eigenvalue weighted by atomic mass is 31.2. The van der Waals surface area contributed by atoms with E-state index in [1.807, 2.05) is 0 Å². The molecule has 0 rings (SSSR count). The Kier molecular flexibility index (Phi) is 54.6. The van der Waals surface area contributed by atoms with Crippen LogP contribution in [0.15, 0.2) is 48.6 Å². The van der Waals surface area contributed by atoms with Crippen molar-refractivity contribution >= 4 is 19.8 Å². The number of carbonyl (C=O) groups excluding carboxylic acids is 2. The predicted octanol–water partition coefficient (Wildman–Crippen LogP) is 18.6. The van der Waals surface area contributed by atoms with E-state index < -0.39 is 26.5 Å². The smallest absolute Gasteiger partial charge is 0.462 e. The number of allylic oxidation sites excluding steroid dienone is 8. The lowest BCUT2D eigenvalue weighted by molar-refractivity contribution is -0.161. The Labute approximate surface area is 432 Å². The lowest BCUT2D eigenvalue weighted by atomic mass is 10.0. The number of phosphoric ester groups is 1. The molecule has 0 fully saturated rings. The summed E-state index contributed by atoms with van der Waals surface area (Å²) >= 11 is 0. The molecule has 9 nitrogen and oxygen atoms in total. The highest BCUT2D eigenvalue weighted by Gasteiger charge is 2.26. The van der Waals surface area contributed by atoms with Crippen LogP contribution in [0.4, 0.5) is 0 Å². The summed E-state index contributed by atoms with van der Waals surface area (Å²) in [5.74, 6) is -0.819. The van der Waals surface area contributed by atoms with E-state index in [4.69, 9.17) is 24.3 Å².